The van der Waals surface area contributed by atoms with Crippen LogP contribution in [0.3, 0.4) is 0 Å². The Morgan fingerprint density at radius 2 is 2.38 bits per heavy atom. The van der Waals surface area contributed by atoms with Crippen molar-refractivity contribution in [1.82, 2.24) is 0 Å². The van der Waals surface area contributed by atoms with Gasteiger partial charge in [-0.15, -0.1) is 0 Å². The van der Waals surface area contributed by atoms with Gasteiger partial charge in [-0.1, -0.05) is 0 Å². The number of hydrogen-bond acceptors (Lipinski definition) is 3. The smallest absolute Gasteiger partial charge is 0.159 e. The second-order valence-electron chi connectivity index (χ2n) is 1.40. The van der Waals surface area contributed by atoms with Crippen LogP contribution in [0.4, 0.5) is 0 Å². The van der Waals surface area contributed by atoms with Gasteiger partial charge in [0, 0.05) is 6.42 Å². The SMILES string of the molecule is COC(=S)CCCS. The third-order valence-corrected chi connectivity index (χ3v) is 1.45. The van der Waals surface area contributed by atoms with Crippen molar-refractivity contribution in [2.45, 2.75) is 12.8 Å². The van der Waals surface area contributed by atoms with Crippen molar-refractivity contribution in [3.8, 4) is 0 Å². The third kappa shape index (κ3) is 4.40. The predicted octanol–water partition coefficient (Wildman–Crippen LogP) is 1.67. The molecule has 0 heterocycles. The molecule has 0 aliphatic heterocycles. The molecule has 1 nitrogen and oxygen atoms in total. The van der Waals surface area contributed by atoms with Crippen molar-refractivity contribution in [2.24, 2.45) is 0 Å². The highest BCUT2D eigenvalue weighted by Gasteiger charge is 1.90. The van der Waals surface area contributed by atoms with E-state index in [0.717, 1.165) is 18.6 Å². The maximum absolute atomic E-state index is 4.76. The van der Waals surface area contributed by atoms with Gasteiger partial charge in [0.1, 0.15) is 0 Å². The Bertz CT molecular complexity index is 72.8. The molecule has 0 unspecified atom stereocenters. The fourth-order valence-corrected chi connectivity index (χ4v) is 0.628. The Morgan fingerprint density at radius 3 is 2.75 bits per heavy atom. The van der Waals surface area contributed by atoms with Crippen LogP contribution in [-0.2, 0) is 4.74 Å². The van der Waals surface area contributed by atoms with E-state index >= 15 is 0 Å². The summed E-state index contributed by atoms with van der Waals surface area (Å²) in [6, 6.07) is 0. The second-order valence-corrected chi connectivity index (χ2v) is 2.31. The summed E-state index contributed by atoms with van der Waals surface area (Å²) >= 11 is 8.78. The van der Waals surface area contributed by atoms with Gasteiger partial charge >= 0.3 is 0 Å². The largest absolute Gasteiger partial charge is 0.490 e. The molecule has 8 heavy (non-hydrogen) atoms. The van der Waals surface area contributed by atoms with E-state index in [9.17, 15) is 0 Å². The van der Waals surface area contributed by atoms with E-state index in [4.69, 9.17) is 17.0 Å². The van der Waals surface area contributed by atoms with Crippen molar-refractivity contribution in [3.63, 3.8) is 0 Å². The van der Waals surface area contributed by atoms with Gasteiger partial charge in [0.05, 0.1) is 7.11 Å². The molecule has 0 spiro atoms. The van der Waals surface area contributed by atoms with Crippen molar-refractivity contribution in [1.29, 1.82) is 0 Å². The third-order valence-electron chi connectivity index (χ3n) is 0.767. The Balaban J connectivity index is 2.99. The van der Waals surface area contributed by atoms with Gasteiger partial charge in [0.15, 0.2) is 5.05 Å². The Kier molecular flexibility index (Phi) is 5.54. The van der Waals surface area contributed by atoms with E-state index in [-0.39, 0.29) is 0 Å². The molecule has 0 saturated carbocycles. The van der Waals surface area contributed by atoms with Gasteiger partial charge in [0.25, 0.3) is 0 Å². The summed E-state index contributed by atoms with van der Waals surface area (Å²) in [6.07, 6.45) is 1.87. The number of thiol groups is 1. The van der Waals surface area contributed by atoms with Crippen LogP contribution in [0.5, 0.6) is 0 Å². The topological polar surface area (TPSA) is 9.23 Å². The minimum absolute atomic E-state index is 0.680. The zero-order valence-electron chi connectivity index (χ0n) is 4.89. The summed E-state index contributed by atoms with van der Waals surface area (Å²) in [5, 5.41) is 0.680. The second kappa shape index (κ2) is 5.38. The van der Waals surface area contributed by atoms with Gasteiger partial charge < -0.3 is 4.74 Å². The zero-order valence-corrected chi connectivity index (χ0v) is 6.60. The standard InChI is InChI=1S/C5H10OS2/c1-6-5(8)3-2-4-7/h7H,2-4H2,1H3. The molecule has 0 bridgehead atoms. The highest BCUT2D eigenvalue weighted by molar-refractivity contribution is 7.80. The quantitative estimate of drug-likeness (QED) is 0.484. The summed E-state index contributed by atoms with van der Waals surface area (Å²) < 4.78 is 4.75. The lowest BCUT2D eigenvalue weighted by Gasteiger charge is -1.97. The first-order valence-electron chi connectivity index (χ1n) is 2.49. The fourth-order valence-electron chi connectivity index (χ4n) is 0.325. The van der Waals surface area contributed by atoms with Crippen molar-refractivity contribution in [3.05, 3.63) is 0 Å². The minimum Gasteiger partial charge on any atom is -0.490 e. The Hall–Kier alpha value is 0.240. The minimum atomic E-state index is 0.680. The summed E-state index contributed by atoms with van der Waals surface area (Å²) in [4.78, 5) is 0. The molecule has 0 radical (unpaired) electrons. The van der Waals surface area contributed by atoms with Gasteiger partial charge in [-0.3, -0.25) is 0 Å². The molecule has 0 aromatic carbocycles. The first-order valence-corrected chi connectivity index (χ1v) is 3.53. The molecule has 0 atom stereocenters. The van der Waals surface area contributed by atoms with Gasteiger partial charge in [0.2, 0.25) is 0 Å². The molecule has 0 fully saturated rings. The number of rotatable bonds is 3. The lowest BCUT2D eigenvalue weighted by Crippen LogP contribution is -1.96. The van der Waals surface area contributed by atoms with Gasteiger partial charge in [-0.25, -0.2) is 0 Å². The monoisotopic (exact) mass is 150 g/mol. The van der Waals surface area contributed by atoms with Gasteiger partial charge in [-0.05, 0) is 24.4 Å². The maximum Gasteiger partial charge on any atom is 0.159 e. The van der Waals surface area contributed by atoms with Crippen LogP contribution in [0.1, 0.15) is 12.8 Å². The molecule has 0 aliphatic carbocycles. The number of hydrogen-bond donors (Lipinski definition) is 1. The molecule has 0 saturated heterocycles. The van der Waals surface area contributed by atoms with E-state index in [0.29, 0.717) is 5.05 Å². The van der Waals surface area contributed by atoms with Crippen molar-refractivity contribution < 1.29 is 4.74 Å². The fraction of sp³-hybridized carbons (Fsp3) is 0.800. The van der Waals surface area contributed by atoms with Crippen LogP contribution in [0.15, 0.2) is 0 Å². The number of thiocarbonyl (C=S) groups is 1. The lowest BCUT2D eigenvalue weighted by molar-refractivity contribution is 0.402. The normalized spacial score (nSPS) is 8.75. The zero-order chi connectivity index (χ0) is 6.41. The van der Waals surface area contributed by atoms with Gasteiger partial charge in [-0.2, -0.15) is 12.6 Å². The molecular formula is C5H10OS2. The maximum atomic E-state index is 4.76. The summed E-state index contributed by atoms with van der Waals surface area (Å²) in [5.41, 5.74) is 0. The van der Waals surface area contributed by atoms with Crippen LogP contribution in [0.25, 0.3) is 0 Å². The van der Waals surface area contributed by atoms with Crippen LogP contribution >= 0.6 is 24.8 Å². The average molecular weight is 150 g/mol. The van der Waals surface area contributed by atoms with E-state index in [1.165, 1.54) is 0 Å². The predicted molar refractivity (Wildman–Crippen MR) is 42.7 cm³/mol. The van der Waals surface area contributed by atoms with Crippen LogP contribution in [0.2, 0.25) is 0 Å². The average Bonchev–Trinajstić information content (AvgIpc) is 1.83. The van der Waals surface area contributed by atoms with Crippen molar-refractivity contribution >= 4 is 29.9 Å². The molecule has 3 heteroatoms. The molecule has 0 amide bonds. The van der Waals surface area contributed by atoms with Crippen LogP contribution in [0, 0.1) is 0 Å². The van der Waals surface area contributed by atoms with E-state index in [1.54, 1.807) is 7.11 Å². The number of methoxy groups -OCH3 is 1. The number of ether oxygens (including phenoxy) is 1. The lowest BCUT2D eigenvalue weighted by atomic mass is 10.4. The Labute approximate surface area is 60.8 Å². The summed E-state index contributed by atoms with van der Waals surface area (Å²) in [7, 11) is 1.60. The molecular weight excluding hydrogens is 140 g/mol. The molecule has 0 aromatic heterocycles. The highest BCUT2D eigenvalue weighted by Crippen LogP contribution is 1.94. The Morgan fingerprint density at radius 1 is 1.75 bits per heavy atom. The first-order chi connectivity index (χ1) is 3.81. The molecule has 0 aliphatic rings. The molecule has 0 aromatic rings. The summed E-state index contributed by atoms with van der Waals surface area (Å²) in [5.74, 6) is 0.878. The molecule has 0 N–H and O–H groups in total. The summed E-state index contributed by atoms with van der Waals surface area (Å²) in [6.45, 7) is 0. The molecule has 48 valence electrons. The highest BCUT2D eigenvalue weighted by atomic mass is 32.1. The van der Waals surface area contributed by atoms with E-state index in [1.807, 2.05) is 0 Å². The van der Waals surface area contributed by atoms with E-state index in [2.05, 4.69) is 12.6 Å². The van der Waals surface area contributed by atoms with Crippen molar-refractivity contribution in [2.75, 3.05) is 12.9 Å². The first kappa shape index (κ1) is 8.24. The van der Waals surface area contributed by atoms with Crippen LogP contribution < -0.4 is 0 Å². The molecule has 0 rings (SSSR count). The van der Waals surface area contributed by atoms with Crippen LogP contribution in [-0.4, -0.2) is 17.9 Å². The van der Waals surface area contributed by atoms with E-state index < -0.39 is 0 Å².